The number of halogens is 1. The van der Waals surface area contributed by atoms with Crippen molar-refractivity contribution >= 4 is 22.6 Å². The molecule has 0 atom stereocenters. The van der Waals surface area contributed by atoms with E-state index in [-0.39, 0.29) is 11.5 Å². The molecule has 0 saturated heterocycles. The third-order valence-electron chi connectivity index (χ3n) is 3.15. The highest BCUT2D eigenvalue weighted by Gasteiger charge is 2.15. The van der Waals surface area contributed by atoms with Gasteiger partial charge in [0.15, 0.2) is 0 Å². The molecule has 1 heterocycles. The zero-order chi connectivity index (χ0) is 14.2. The summed E-state index contributed by atoms with van der Waals surface area (Å²) >= 11 is 2.07. The summed E-state index contributed by atoms with van der Waals surface area (Å²) in [7, 11) is 0. The molecule has 0 unspecified atom stereocenters. The molecule has 19 heavy (non-hydrogen) atoms. The maximum Gasteiger partial charge on any atom is 0.264 e. The Kier molecular flexibility index (Phi) is 4.08. The van der Waals surface area contributed by atoms with Crippen molar-refractivity contribution in [3.63, 3.8) is 0 Å². The number of nitrogens with zero attached hydrogens (tertiary/aromatic N) is 1. The van der Waals surface area contributed by atoms with Gasteiger partial charge in [0.2, 0.25) is 0 Å². The normalized spacial score (nSPS) is 11.1. The van der Waals surface area contributed by atoms with Crippen molar-refractivity contribution in [2.45, 2.75) is 33.6 Å². The van der Waals surface area contributed by atoms with Gasteiger partial charge in [-0.15, -0.1) is 0 Å². The molecule has 100 valence electrons. The summed E-state index contributed by atoms with van der Waals surface area (Å²) in [6.45, 7) is 8.18. The Morgan fingerprint density at radius 3 is 2.32 bits per heavy atom. The maximum absolute atomic E-state index is 12.1. The lowest BCUT2D eigenvalue weighted by Gasteiger charge is -2.12. The van der Waals surface area contributed by atoms with Gasteiger partial charge in [0.05, 0.1) is 9.26 Å². The molecular formula is C15H17IN2O. The molecule has 0 spiro atoms. The first-order valence-corrected chi connectivity index (χ1v) is 7.36. The van der Waals surface area contributed by atoms with Gasteiger partial charge in [-0.05, 0) is 53.5 Å². The standard InChI is InChI=1S/C15H17IN2O/c1-8(2)13-12(16)15(19)18-14(17-13)11-9(3)6-5-7-10(11)4/h5-8H,1-4H3,(H,17,18,19). The van der Waals surface area contributed by atoms with Crippen molar-refractivity contribution in [1.29, 1.82) is 0 Å². The average Bonchev–Trinajstić information content (AvgIpc) is 2.32. The van der Waals surface area contributed by atoms with Crippen LogP contribution in [0.4, 0.5) is 0 Å². The fourth-order valence-corrected chi connectivity index (χ4v) is 3.04. The van der Waals surface area contributed by atoms with E-state index in [0.717, 1.165) is 22.4 Å². The van der Waals surface area contributed by atoms with Crippen LogP contribution in [0.2, 0.25) is 0 Å². The summed E-state index contributed by atoms with van der Waals surface area (Å²) < 4.78 is 0.683. The number of aromatic nitrogens is 2. The van der Waals surface area contributed by atoms with Gasteiger partial charge in [0.25, 0.3) is 5.56 Å². The number of aryl methyl sites for hydroxylation is 2. The molecule has 1 aromatic carbocycles. The number of benzene rings is 1. The largest absolute Gasteiger partial charge is 0.306 e. The van der Waals surface area contributed by atoms with Crippen molar-refractivity contribution < 1.29 is 0 Å². The lowest BCUT2D eigenvalue weighted by Crippen LogP contribution is -2.17. The maximum atomic E-state index is 12.1. The van der Waals surface area contributed by atoms with Gasteiger partial charge < -0.3 is 4.98 Å². The number of nitrogens with one attached hydrogen (secondary N) is 1. The van der Waals surface area contributed by atoms with E-state index in [4.69, 9.17) is 0 Å². The number of aromatic amines is 1. The molecule has 0 saturated carbocycles. The molecule has 1 aromatic heterocycles. The molecule has 0 amide bonds. The van der Waals surface area contributed by atoms with Gasteiger partial charge in [0.1, 0.15) is 5.82 Å². The van der Waals surface area contributed by atoms with Crippen molar-refractivity contribution in [2.24, 2.45) is 0 Å². The lowest BCUT2D eigenvalue weighted by atomic mass is 10.0. The second kappa shape index (κ2) is 5.45. The Hall–Kier alpha value is -1.17. The number of hydrogen-bond donors (Lipinski definition) is 1. The van der Waals surface area contributed by atoms with E-state index in [2.05, 4.69) is 46.4 Å². The van der Waals surface area contributed by atoms with Crippen LogP contribution in [0.25, 0.3) is 11.4 Å². The van der Waals surface area contributed by atoms with Gasteiger partial charge in [-0.3, -0.25) is 4.79 Å². The van der Waals surface area contributed by atoms with Crippen LogP contribution < -0.4 is 5.56 Å². The molecule has 0 radical (unpaired) electrons. The summed E-state index contributed by atoms with van der Waals surface area (Å²) in [6.07, 6.45) is 0. The average molecular weight is 368 g/mol. The monoisotopic (exact) mass is 368 g/mol. The van der Waals surface area contributed by atoms with Gasteiger partial charge in [-0.2, -0.15) is 0 Å². The third kappa shape index (κ3) is 2.73. The molecule has 3 nitrogen and oxygen atoms in total. The molecule has 0 aliphatic rings. The Morgan fingerprint density at radius 2 is 1.79 bits per heavy atom. The van der Waals surface area contributed by atoms with Gasteiger partial charge in [-0.1, -0.05) is 32.0 Å². The van der Waals surface area contributed by atoms with Crippen LogP contribution in [0.5, 0.6) is 0 Å². The van der Waals surface area contributed by atoms with E-state index in [1.807, 2.05) is 32.0 Å². The summed E-state index contributed by atoms with van der Waals surface area (Å²) in [6, 6.07) is 6.09. The Bertz CT molecular complexity index is 654. The first kappa shape index (κ1) is 14.2. The highest BCUT2D eigenvalue weighted by Crippen LogP contribution is 2.25. The second-order valence-corrected chi connectivity index (χ2v) is 6.11. The van der Waals surface area contributed by atoms with E-state index >= 15 is 0 Å². The van der Waals surface area contributed by atoms with Crippen LogP contribution in [0.15, 0.2) is 23.0 Å². The lowest BCUT2D eigenvalue weighted by molar-refractivity contribution is 0.802. The molecule has 0 aliphatic carbocycles. The fraction of sp³-hybridized carbons (Fsp3) is 0.333. The molecule has 4 heteroatoms. The summed E-state index contributed by atoms with van der Waals surface area (Å²) in [5.41, 5.74) is 4.08. The van der Waals surface area contributed by atoms with E-state index in [0.29, 0.717) is 9.39 Å². The van der Waals surface area contributed by atoms with Crippen molar-refractivity contribution in [1.82, 2.24) is 9.97 Å². The number of rotatable bonds is 2. The summed E-state index contributed by atoms with van der Waals surface area (Å²) in [4.78, 5) is 19.6. The topological polar surface area (TPSA) is 45.8 Å². The minimum atomic E-state index is -0.0584. The van der Waals surface area contributed by atoms with E-state index in [1.54, 1.807) is 0 Å². The van der Waals surface area contributed by atoms with Crippen LogP contribution in [0, 0.1) is 17.4 Å². The predicted octanol–water partition coefficient (Wildman–Crippen LogP) is 3.78. The van der Waals surface area contributed by atoms with Crippen LogP contribution >= 0.6 is 22.6 Å². The SMILES string of the molecule is Cc1cccc(C)c1-c1nc(C(C)C)c(I)c(=O)[nH]1. The van der Waals surface area contributed by atoms with Gasteiger partial charge >= 0.3 is 0 Å². The Balaban J connectivity index is 2.74. The van der Waals surface area contributed by atoms with Crippen LogP contribution in [-0.4, -0.2) is 9.97 Å². The first-order valence-electron chi connectivity index (χ1n) is 6.28. The number of hydrogen-bond acceptors (Lipinski definition) is 2. The van der Waals surface area contributed by atoms with Crippen LogP contribution in [0.3, 0.4) is 0 Å². The molecular weight excluding hydrogens is 351 g/mol. The quantitative estimate of drug-likeness (QED) is 0.820. The number of H-pyrrole nitrogens is 1. The summed E-state index contributed by atoms with van der Waals surface area (Å²) in [5, 5.41) is 0. The zero-order valence-electron chi connectivity index (χ0n) is 11.5. The second-order valence-electron chi connectivity index (χ2n) is 5.04. The molecule has 0 aliphatic heterocycles. The molecule has 1 N–H and O–H groups in total. The highest BCUT2D eigenvalue weighted by molar-refractivity contribution is 14.1. The van der Waals surface area contributed by atoms with Crippen molar-refractivity contribution in [3.05, 3.63) is 48.9 Å². The van der Waals surface area contributed by atoms with Gasteiger partial charge in [-0.25, -0.2) is 4.98 Å². The van der Waals surface area contributed by atoms with Crippen molar-refractivity contribution in [3.8, 4) is 11.4 Å². The van der Waals surface area contributed by atoms with E-state index in [1.165, 1.54) is 0 Å². The van der Waals surface area contributed by atoms with E-state index in [9.17, 15) is 4.79 Å². The van der Waals surface area contributed by atoms with Gasteiger partial charge in [0, 0.05) is 5.56 Å². The zero-order valence-corrected chi connectivity index (χ0v) is 13.7. The molecule has 2 rings (SSSR count). The minimum Gasteiger partial charge on any atom is -0.306 e. The Morgan fingerprint density at radius 1 is 1.21 bits per heavy atom. The van der Waals surface area contributed by atoms with Crippen LogP contribution in [0.1, 0.15) is 36.6 Å². The first-order chi connectivity index (χ1) is 8.91. The third-order valence-corrected chi connectivity index (χ3v) is 4.20. The molecule has 2 aromatic rings. The summed E-state index contributed by atoms with van der Waals surface area (Å²) in [5.74, 6) is 0.905. The Labute approximate surface area is 126 Å². The molecule has 0 bridgehead atoms. The van der Waals surface area contributed by atoms with Crippen LogP contribution in [-0.2, 0) is 0 Å². The highest BCUT2D eigenvalue weighted by atomic mass is 127. The minimum absolute atomic E-state index is 0.0584. The fourth-order valence-electron chi connectivity index (χ4n) is 2.17. The smallest absolute Gasteiger partial charge is 0.264 e. The predicted molar refractivity (Wildman–Crippen MR) is 86.6 cm³/mol. The molecule has 0 fully saturated rings. The van der Waals surface area contributed by atoms with Crippen molar-refractivity contribution in [2.75, 3.05) is 0 Å². The van der Waals surface area contributed by atoms with E-state index < -0.39 is 0 Å².